The maximum atomic E-state index is 12.5. The van der Waals surface area contributed by atoms with Crippen molar-refractivity contribution in [1.29, 1.82) is 0 Å². The van der Waals surface area contributed by atoms with Gasteiger partial charge in [-0.2, -0.15) is 0 Å². The van der Waals surface area contributed by atoms with Crippen molar-refractivity contribution in [2.24, 2.45) is 5.41 Å². The summed E-state index contributed by atoms with van der Waals surface area (Å²) in [7, 11) is 0. The molecule has 1 saturated heterocycles. The molecule has 0 bridgehead atoms. The Morgan fingerprint density at radius 3 is 2.41 bits per heavy atom. The topological polar surface area (TPSA) is 55.8 Å². The number of rotatable bonds is 1. The number of amides is 1. The maximum Gasteiger partial charge on any atom is 0.413 e. The molecule has 1 fully saturated rings. The lowest BCUT2D eigenvalue weighted by molar-refractivity contribution is -0.178. The van der Waals surface area contributed by atoms with Crippen molar-refractivity contribution in [3.63, 3.8) is 0 Å². The van der Waals surface area contributed by atoms with Gasteiger partial charge in [0.2, 0.25) is 0 Å². The quantitative estimate of drug-likeness (QED) is 0.745. The predicted molar refractivity (Wildman–Crippen MR) is 82.0 cm³/mol. The van der Waals surface area contributed by atoms with Crippen LogP contribution in [0.4, 0.5) is 4.79 Å². The van der Waals surface area contributed by atoms with E-state index in [1.165, 1.54) is 4.90 Å². The smallest absolute Gasteiger partial charge is 0.413 e. The highest BCUT2D eigenvalue weighted by atomic mass is 16.6. The van der Waals surface area contributed by atoms with E-state index < -0.39 is 23.2 Å². The molecule has 120 valence electrons. The summed E-state index contributed by atoms with van der Waals surface area (Å²) in [5.41, 5.74) is -0.574. The molecule has 0 aromatic heterocycles. The third-order valence-corrected chi connectivity index (χ3v) is 3.60. The number of cyclic esters (lactones) is 1. The van der Waals surface area contributed by atoms with Crippen LogP contribution in [0, 0.1) is 5.41 Å². The van der Waals surface area contributed by atoms with Crippen LogP contribution in [0.15, 0.2) is 30.3 Å². The molecule has 0 spiro atoms. The molecule has 0 saturated carbocycles. The Hall–Kier alpha value is -2.04. The maximum absolute atomic E-state index is 12.5. The third-order valence-electron chi connectivity index (χ3n) is 3.60. The van der Waals surface area contributed by atoms with E-state index in [0.29, 0.717) is 0 Å². The largest absolute Gasteiger partial charge is 0.444 e. The van der Waals surface area contributed by atoms with E-state index in [9.17, 15) is 9.59 Å². The molecule has 2 rings (SSSR count). The minimum absolute atomic E-state index is 0.100. The molecule has 22 heavy (non-hydrogen) atoms. The van der Waals surface area contributed by atoms with Crippen molar-refractivity contribution >= 4 is 12.1 Å². The predicted octanol–water partition coefficient (Wildman–Crippen LogP) is 3.51. The molecule has 5 nitrogen and oxygen atoms in total. The number of carbonyl (C=O) groups is 2. The number of hydrogen-bond donors (Lipinski definition) is 0. The minimum atomic E-state index is -0.851. The van der Waals surface area contributed by atoms with Crippen LogP contribution >= 0.6 is 0 Å². The average Bonchev–Trinajstić information content (AvgIpc) is 2.40. The normalized spacial score (nSPS) is 21.2. The molecule has 1 atom stereocenters. The van der Waals surface area contributed by atoms with E-state index >= 15 is 0 Å². The lowest BCUT2D eigenvalue weighted by Crippen LogP contribution is -2.53. The Labute approximate surface area is 131 Å². The van der Waals surface area contributed by atoms with Crippen molar-refractivity contribution in [2.75, 3.05) is 6.73 Å². The number of benzene rings is 1. The number of hydrogen-bond acceptors (Lipinski definition) is 4. The lowest BCUT2D eigenvalue weighted by Gasteiger charge is -2.44. The van der Waals surface area contributed by atoms with E-state index in [4.69, 9.17) is 9.47 Å². The summed E-state index contributed by atoms with van der Waals surface area (Å²) in [6.07, 6.45) is -0.484. The van der Waals surface area contributed by atoms with Crippen LogP contribution in [0.25, 0.3) is 0 Å². The molecule has 1 amide bonds. The van der Waals surface area contributed by atoms with E-state index in [1.807, 2.05) is 51.1 Å². The molecule has 0 unspecified atom stereocenters. The zero-order valence-electron chi connectivity index (χ0n) is 13.8. The standard InChI is InChI=1S/C17H23NO4/c1-16(2,3)22-15(20)18-11-21-14(19)17(4,5)13(18)12-9-7-6-8-10-12/h6-10,13H,11H2,1-5H3/t13-/m0/s1. The van der Waals surface area contributed by atoms with Gasteiger partial charge < -0.3 is 9.47 Å². The van der Waals surface area contributed by atoms with Gasteiger partial charge in [0, 0.05) is 0 Å². The molecule has 1 aliphatic rings. The summed E-state index contributed by atoms with van der Waals surface area (Å²) in [6.45, 7) is 8.89. The Kier molecular flexibility index (Phi) is 4.18. The van der Waals surface area contributed by atoms with Gasteiger partial charge >= 0.3 is 12.1 Å². The number of ether oxygens (including phenoxy) is 2. The van der Waals surface area contributed by atoms with Gasteiger partial charge in [-0.3, -0.25) is 9.69 Å². The molecular weight excluding hydrogens is 282 g/mol. The molecule has 1 aromatic carbocycles. The van der Waals surface area contributed by atoms with Gasteiger partial charge in [0.1, 0.15) is 5.60 Å². The van der Waals surface area contributed by atoms with Gasteiger partial charge in [-0.1, -0.05) is 30.3 Å². The first kappa shape index (κ1) is 16.3. The van der Waals surface area contributed by atoms with Crippen LogP contribution < -0.4 is 0 Å². The molecule has 1 aromatic rings. The number of carbonyl (C=O) groups excluding carboxylic acids is 2. The summed E-state index contributed by atoms with van der Waals surface area (Å²) < 4.78 is 10.6. The van der Waals surface area contributed by atoms with Crippen LogP contribution in [-0.4, -0.2) is 29.3 Å². The second-order valence-corrected chi connectivity index (χ2v) is 7.05. The third kappa shape index (κ3) is 3.24. The fraction of sp³-hybridized carbons (Fsp3) is 0.529. The minimum Gasteiger partial charge on any atom is -0.444 e. The van der Waals surface area contributed by atoms with Crippen molar-refractivity contribution in [3.05, 3.63) is 35.9 Å². The fourth-order valence-corrected chi connectivity index (χ4v) is 2.60. The molecular formula is C17H23NO4. The average molecular weight is 305 g/mol. The summed E-state index contributed by atoms with van der Waals surface area (Å²) in [6, 6.07) is 9.06. The van der Waals surface area contributed by atoms with E-state index in [1.54, 1.807) is 13.8 Å². The number of esters is 1. The Morgan fingerprint density at radius 1 is 1.27 bits per heavy atom. The fourth-order valence-electron chi connectivity index (χ4n) is 2.60. The molecule has 0 N–H and O–H groups in total. The zero-order valence-corrected chi connectivity index (χ0v) is 13.8. The highest BCUT2D eigenvalue weighted by molar-refractivity contribution is 5.80. The van der Waals surface area contributed by atoms with Crippen molar-refractivity contribution in [3.8, 4) is 0 Å². The summed E-state index contributed by atoms with van der Waals surface area (Å²) >= 11 is 0. The second-order valence-electron chi connectivity index (χ2n) is 7.05. The van der Waals surface area contributed by atoms with E-state index in [2.05, 4.69) is 0 Å². The van der Waals surface area contributed by atoms with Crippen molar-refractivity contribution in [1.82, 2.24) is 4.90 Å². The van der Waals surface area contributed by atoms with E-state index in [-0.39, 0.29) is 12.7 Å². The molecule has 0 aliphatic carbocycles. The monoisotopic (exact) mass is 305 g/mol. The van der Waals surface area contributed by atoms with Crippen LogP contribution in [0.3, 0.4) is 0 Å². The van der Waals surface area contributed by atoms with Crippen molar-refractivity contribution < 1.29 is 19.1 Å². The first-order chi connectivity index (χ1) is 10.1. The Balaban J connectivity index is 2.39. The molecule has 1 aliphatic heterocycles. The van der Waals surface area contributed by atoms with Gasteiger partial charge in [-0.25, -0.2) is 4.79 Å². The van der Waals surface area contributed by atoms with Crippen LogP contribution in [0.2, 0.25) is 0 Å². The van der Waals surface area contributed by atoms with Gasteiger partial charge in [0.05, 0.1) is 11.5 Å². The Morgan fingerprint density at radius 2 is 1.86 bits per heavy atom. The summed E-state index contributed by atoms with van der Waals surface area (Å²) in [5, 5.41) is 0. The van der Waals surface area contributed by atoms with Crippen LogP contribution in [0.1, 0.15) is 46.2 Å². The van der Waals surface area contributed by atoms with Gasteiger partial charge in [0.25, 0.3) is 0 Å². The van der Waals surface area contributed by atoms with Crippen LogP contribution in [-0.2, 0) is 14.3 Å². The van der Waals surface area contributed by atoms with Gasteiger partial charge in [-0.15, -0.1) is 0 Å². The lowest BCUT2D eigenvalue weighted by atomic mass is 9.79. The summed E-state index contributed by atoms with van der Waals surface area (Å²) in [4.78, 5) is 26.1. The van der Waals surface area contributed by atoms with Crippen molar-refractivity contribution in [2.45, 2.75) is 46.3 Å². The Bertz CT molecular complexity index is 560. The van der Waals surface area contributed by atoms with Gasteiger partial charge in [-0.05, 0) is 40.2 Å². The zero-order chi connectivity index (χ0) is 16.5. The first-order valence-electron chi connectivity index (χ1n) is 7.35. The SMILES string of the molecule is CC(C)(C)OC(=O)N1COC(=O)C(C)(C)[C@@H]1c1ccccc1. The first-order valence-corrected chi connectivity index (χ1v) is 7.35. The van der Waals surface area contributed by atoms with Crippen LogP contribution in [0.5, 0.6) is 0 Å². The molecule has 0 radical (unpaired) electrons. The number of nitrogens with zero attached hydrogens (tertiary/aromatic N) is 1. The van der Waals surface area contributed by atoms with Gasteiger partial charge in [0.15, 0.2) is 6.73 Å². The van der Waals surface area contributed by atoms with E-state index in [0.717, 1.165) is 5.56 Å². The summed E-state index contributed by atoms with van der Waals surface area (Å²) in [5.74, 6) is -0.318. The highest BCUT2D eigenvalue weighted by Gasteiger charge is 2.49. The highest BCUT2D eigenvalue weighted by Crippen LogP contribution is 2.42. The molecule has 1 heterocycles. The second kappa shape index (κ2) is 5.63. The molecule has 5 heteroatoms.